The normalized spacial score (nSPS) is 18.0. The second kappa shape index (κ2) is 7.83. The van der Waals surface area contributed by atoms with Crippen LogP contribution in [0.1, 0.15) is 82.1 Å². The summed E-state index contributed by atoms with van der Waals surface area (Å²) in [7, 11) is 1.74. The van der Waals surface area contributed by atoms with Gasteiger partial charge in [-0.2, -0.15) is 0 Å². The van der Waals surface area contributed by atoms with Crippen LogP contribution >= 0.6 is 0 Å². The van der Waals surface area contributed by atoms with Gasteiger partial charge in [0, 0.05) is 25.5 Å². The first kappa shape index (κ1) is 16.3. The number of ether oxygens (including phenoxy) is 1. The van der Waals surface area contributed by atoms with Crippen LogP contribution in [0.2, 0.25) is 0 Å². The summed E-state index contributed by atoms with van der Waals surface area (Å²) < 4.78 is 7.58. The Morgan fingerprint density at radius 1 is 1.33 bits per heavy atom. The van der Waals surface area contributed by atoms with E-state index in [0.717, 1.165) is 18.1 Å². The average molecular weight is 293 g/mol. The van der Waals surface area contributed by atoms with E-state index in [-0.39, 0.29) is 5.92 Å². The lowest BCUT2D eigenvalue weighted by atomic mass is 9.88. The lowest BCUT2D eigenvalue weighted by Crippen LogP contribution is -2.14. The maximum atomic E-state index is 6.43. The molecule has 1 heterocycles. The van der Waals surface area contributed by atoms with E-state index in [9.17, 15) is 0 Å². The van der Waals surface area contributed by atoms with Gasteiger partial charge in [0.2, 0.25) is 0 Å². The highest BCUT2D eigenvalue weighted by Gasteiger charge is 2.25. The second-order valence-electron chi connectivity index (χ2n) is 6.44. The number of nitrogen functional groups attached to an aromatic ring is 1. The van der Waals surface area contributed by atoms with Crippen molar-refractivity contribution in [2.75, 3.05) is 19.5 Å². The third kappa shape index (κ3) is 3.79. The van der Waals surface area contributed by atoms with Crippen LogP contribution in [-0.4, -0.2) is 23.3 Å². The topological polar surface area (TPSA) is 53.1 Å². The number of imidazole rings is 1. The maximum absolute atomic E-state index is 6.43. The molecule has 1 saturated carbocycles. The van der Waals surface area contributed by atoms with Crippen molar-refractivity contribution in [2.24, 2.45) is 0 Å². The minimum absolute atomic E-state index is 0.264. The molecule has 2 rings (SSSR count). The van der Waals surface area contributed by atoms with Gasteiger partial charge in [0.15, 0.2) is 0 Å². The number of unbranched alkanes of at least 4 members (excludes halogenated alkanes) is 1. The number of nitrogens with two attached hydrogens (primary N) is 1. The molecule has 1 fully saturated rings. The fourth-order valence-corrected chi connectivity index (χ4v) is 3.42. The predicted octanol–water partition coefficient (Wildman–Crippen LogP) is 4.06. The summed E-state index contributed by atoms with van der Waals surface area (Å²) in [6, 6.07) is 0. The molecule has 1 aliphatic carbocycles. The zero-order valence-electron chi connectivity index (χ0n) is 13.9. The Labute approximate surface area is 129 Å². The number of anilines is 1. The Bertz CT molecular complexity index is 435. The highest BCUT2D eigenvalue weighted by Crippen LogP contribution is 2.35. The van der Waals surface area contributed by atoms with Gasteiger partial charge in [-0.3, -0.25) is 0 Å². The van der Waals surface area contributed by atoms with Crippen LogP contribution in [0.3, 0.4) is 0 Å². The molecule has 0 aliphatic heterocycles. The van der Waals surface area contributed by atoms with E-state index in [4.69, 9.17) is 15.5 Å². The van der Waals surface area contributed by atoms with E-state index in [1.165, 1.54) is 50.8 Å². The highest BCUT2D eigenvalue weighted by atomic mass is 16.5. The fraction of sp³-hybridized carbons (Fsp3) is 0.824. The van der Waals surface area contributed by atoms with Gasteiger partial charge in [0.25, 0.3) is 0 Å². The van der Waals surface area contributed by atoms with Crippen molar-refractivity contribution in [1.82, 2.24) is 9.55 Å². The molecular formula is C17H31N3O. The van der Waals surface area contributed by atoms with Crippen molar-refractivity contribution in [3.05, 3.63) is 11.5 Å². The molecular weight excluding hydrogens is 262 g/mol. The molecule has 0 saturated heterocycles. The van der Waals surface area contributed by atoms with Crippen LogP contribution in [-0.2, 0) is 11.3 Å². The molecule has 0 radical (unpaired) electrons. The Kier molecular flexibility index (Phi) is 6.09. The van der Waals surface area contributed by atoms with Crippen molar-refractivity contribution < 1.29 is 4.74 Å². The number of hydrogen-bond donors (Lipinski definition) is 1. The molecule has 120 valence electrons. The summed E-state index contributed by atoms with van der Waals surface area (Å²) in [5, 5.41) is 0. The molecule has 0 aromatic carbocycles. The lowest BCUT2D eigenvalue weighted by molar-refractivity contribution is 0.183. The van der Waals surface area contributed by atoms with Crippen LogP contribution in [0, 0.1) is 0 Å². The summed E-state index contributed by atoms with van der Waals surface area (Å²) in [5.41, 5.74) is 7.46. The zero-order chi connectivity index (χ0) is 15.2. The van der Waals surface area contributed by atoms with Gasteiger partial charge in [0.1, 0.15) is 11.6 Å². The molecule has 0 spiro atoms. The molecule has 2 N–H and O–H groups in total. The van der Waals surface area contributed by atoms with E-state index in [1.54, 1.807) is 7.11 Å². The number of nitrogens with zero attached hydrogens (tertiary/aromatic N) is 2. The third-order valence-electron chi connectivity index (χ3n) is 4.65. The molecule has 1 unspecified atom stereocenters. The van der Waals surface area contributed by atoms with Gasteiger partial charge in [-0.25, -0.2) is 4.98 Å². The van der Waals surface area contributed by atoms with Crippen LogP contribution in [0.25, 0.3) is 0 Å². The first-order chi connectivity index (χ1) is 10.2. The third-order valence-corrected chi connectivity index (χ3v) is 4.65. The van der Waals surface area contributed by atoms with E-state index in [1.807, 2.05) is 0 Å². The molecule has 1 aromatic heterocycles. The van der Waals surface area contributed by atoms with Gasteiger partial charge in [-0.05, 0) is 19.3 Å². The Balaban J connectivity index is 2.29. The SMILES string of the molecule is CCCCn1c(C2CCCCC2)nc(C(C)COC)c1N. The summed E-state index contributed by atoms with van der Waals surface area (Å²) >= 11 is 0. The summed E-state index contributed by atoms with van der Waals surface area (Å²) in [4.78, 5) is 4.96. The number of methoxy groups -OCH3 is 1. The molecule has 1 aliphatic rings. The molecule has 1 aromatic rings. The van der Waals surface area contributed by atoms with Crippen molar-refractivity contribution in [3.63, 3.8) is 0 Å². The lowest BCUT2D eigenvalue weighted by Gasteiger charge is -2.22. The van der Waals surface area contributed by atoms with Gasteiger partial charge < -0.3 is 15.0 Å². The first-order valence-electron chi connectivity index (χ1n) is 8.53. The molecule has 0 bridgehead atoms. The number of hydrogen-bond acceptors (Lipinski definition) is 3. The van der Waals surface area contributed by atoms with Gasteiger partial charge in [-0.15, -0.1) is 0 Å². The van der Waals surface area contributed by atoms with Crippen molar-refractivity contribution >= 4 is 5.82 Å². The second-order valence-corrected chi connectivity index (χ2v) is 6.44. The molecule has 0 amide bonds. The van der Waals surface area contributed by atoms with E-state index in [0.29, 0.717) is 12.5 Å². The minimum atomic E-state index is 0.264. The van der Waals surface area contributed by atoms with E-state index < -0.39 is 0 Å². The standard InChI is InChI=1S/C17H31N3O/c1-4-5-11-20-16(18)15(13(2)12-21-3)19-17(20)14-9-7-6-8-10-14/h13-14H,4-12,18H2,1-3H3. The Hall–Kier alpha value is -1.03. The number of rotatable bonds is 7. The number of aromatic nitrogens is 2. The van der Waals surface area contributed by atoms with E-state index in [2.05, 4.69) is 18.4 Å². The Morgan fingerprint density at radius 2 is 2.05 bits per heavy atom. The first-order valence-corrected chi connectivity index (χ1v) is 8.53. The summed E-state index contributed by atoms with van der Waals surface area (Å²) in [6.07, 6.45) is 8.90. The average Bonchev–Trinajstić information content (AvgIpc) is 2.83. The zero-order valence-corrected chi connectivity index (χ0v) is 13.9. The van der Waals surface area contributed by atoms with Gasteiger partial charge >= 0.3 is 0 Å². The largest absolute Gasteiger partial charge is 0.384 e. The van der Waals surface area contributed by atoms with Crippen molar-refractivity contribution in [2.45, 2.75) is 77.2 Å². The molecule has 4 heteroatoms. The Morgan fingerprint density at radius 3 is 2.67 bits per heavy atom. The van der Waals surface area contributed by atoms with Crippen LogP contribution < -0.4 is 5.73 Å². The smallest absolute Gasteiger partial charge is 0.127 e. The highest BCUT2D eigenvalue weighted by molar-refractivity contribution is 5.41. The van der Waals surface area contributed by atoms with Gasteiger partial charge in [-0.1, -0.05) is 39.5 Å². The van der Waals surface area contributed by atoms with Crippen molar-refractivity contribution in [1.29, 1.82) is 0 Å². The fourth-order valence-electron chi connectivity index (χ4n) is 3.42. The quantitative estimate of drug-likeness (QED) is 0.824. The molecule has 1 atom stereocenters. The predicted molar refractivity (Wildman–Crippen MR) is 87.7 cm³/mol. The maximum Gasteiger partial charge on any atom is 0.127 e. The van der Waals surface area contributed by atoms with Gasteiger partial charge in [0.05, 0.1) is 12.3 Å². The monoisotopic (exact) mass is 293 g/mol. The van der Waals surface area contributed by atoms with Crippen LogP contribution in [0.5, 0.6) is 0 Å². The molecule has 4 nitrogen and oxygen atoms in total. The van der Waals surface area contributed by atoms with E-state index >= 15 is 0 Å². The van der Waals surface area contributed by atoms with Crippen LogP contribution in [0.15, 0.2) is 0 Å². The van der Waals surface area contributed by atoms with Crippen LogP contribution in [0.4, 0.5) is 5.82 Å². The summed E-state index contributed by atoms with van der Waals surface area (Å²) in [5.74, 6) is 2.97. The minimum Gasteiger partial charge on any atom is -0.384 e. The summed E-state index contributed by atoms with van der Waals surface area (Å²) in [6.45, 7) is 6.05. The molecule has 21 heavy (non-hydrogen) atoms. The van der Waals surface area contributed by atoms with Crippen molar-refractivity contribution in [3.8, 4) is 0 Å².